The smallest absolute Gasteiger partial charge is 0.179 e. The Bertz CT molecular complexity index is 404. The van der Waals surface area contributed by atoms with Crippen LogP contribution >= 0.6 is 15.9 Å². The highest BCUT2D eigenvalue weighted by molar-refractivity contribution is 9.10. The Labute approximate surface area is 116 Å². The van der Waals surface area contributed by atoms with Crippen LogP contribution in [-0.4, -0.2) is 36.8 Å². The second kappa shape index (κ2) is 6.04. The third kappa shape index (κ3) is 2.41. The van der Waals surface area contributed by atoms with Gasteiger partial charge in [-0.25, -0.2) is 4.68 Å². The first kappa shape index (κ1) is 13.8. The molecule has 0 aromatic carbocycles. The molecule has 1 aromatic heterocycles. The maximum absolute atomic E-state index is 5.38. The van der Waals surface area contributed by atoms with Crippen molar-refractivity contribution in [3.8, 4) is 0 Å². The summed E-state index contributed by atoms with van der Waals surface area (Å²) in [4.78, 5) is 0. The lowest BCUT2D eigenvalue weighted by Gasteiger charge is -2.30. The molecule has 0 amide bonds. The third-order valence-corrected chi connectivity index (χ3v) is 4.06. The highest BCUT2D eigenvalue weighted by Crippen LogP contribution is 2.35. The lowest BCUT2D eigenvalue weighted by atomic mass is 10.1. The highest BCUT2D eigenvalue weighted by atomic mass is 79.9. The van der Waals surface area contributed by atoms with Gasteiger partial charge in [-0.1, -0.05) is 13.3 Å². The fraction of sp³-hybridized carbons (Fsp3) is 0.750. The molecule has 0 aliphatic carbocycles. The summed E-state index contributed by atoms with van der Waals surface area (Å²) in [7, 11) is 3.34. The Morgan fingerprint density at radius 2 is 2.22 bits per heavy atom. The molecule has 1 aromatic rings. The third-order valence-electron chi connectivity index (χ3n) is 3.23. The van der Waals surface area contributed by atoms with Gasteiger partial charge in [-0.2, -0.15) is 5.10 Å². The van der Waals surface area contributed by atoms with E-state index in [4.69, 9.17) is 9.47 Å². The highest BCUT2D eigenvalue weighted by Gasteiger charge is 2.31. The van der Waals surface area contributed by atoms with Crippen molar-refractivity contribution in [2.24, 2.45) is 0 Å². The molecule has 5 nitrogen and oxygen atoms in total. The molecule has 1 N–H and O–H groups in total. The largest absolute Gasteiger partial charge is 0.369 e. The molecule has 1 atom stereocenters. The monoisotopic (exact) mass is 317 g/mol. The van der Waals surface area contributed by atoms with Crippen LogP contribution in [0.3, 0.4) is 0 Å². The summed E-state index contributed by atoms with van der Waals surface area (Å²) in [6, 6.07) is 0.123. The second-order valence-corrected chi connectivity index (χ2v) is 5.22. The lowest BCUT2D eigenvalue weighted by molar-refractivity contribution is -0.135. The number of aryl methyl sites for hydroxylation is 1. The first-order valence-electron chi connectivity index (χ1n) is 6.29. The minimum Gasteiger partial charge on any atom is -0.369 e. The number of fused-ring (bicyclic) bond motifs is 1. The average molecular weight is 318 g/mol. The predicted molar refractivity (Wildman–Crippen MR) is 73.9 cm³/mol. The number of aromatic nitrogens is 2. The number of nitrogens with zero attached hydrogens (tertiary/aromatic N) is 2. The Balaban J connectivity index is 2.34. The second-order valence-electron chi connectivity index (χ2n) is 4.43. The van der Waals surface area contributed by atoms with Crippen molar-refractivity contribution in [1.82, 2.24) is 9.78 Å². The number of hydrogen-bond donors (Lipinski definition) is 1. The van der Waals surface area contributed by atoms with E-state index in [-0.39, 0.29) is 12.3 Å². The zero-order valence-electron chi connectivity index (χ0n) is 11.1. The van der Waals surface area contributed by atoms with Gasteiger partial charge in [-0.15, -0.1) is 0 Å². The van der Waals surface area contributed by atoms with E-state index in [1.807, 2.05) is 4.68 Å². The first-order chi connectivity index (χ1) is 8.72. The lowest BCUT2D eigenvalue weighted by Crippen LogP contribution is -2.34. The zero-order chi connectivity index (χ0) is 13.1. The van der Waals surface area contributed by atoms with Crippen molar-refractivity contribution in [3.63, 3.8) is 0 Å². The summed E-state index contributed by atoms with van der Waals surface area (Å²) in [5.74, 6) is 1.04. The summed E-state index contributed by atoms with van der Waals surface area (Å²) in [6.45, 7) is 3.06. The molecule has 1 aliphatic heterocycles. The van der Waals surface area contributed by atoms with Crippen LogP contribution in [0.15, 0.2) is 4.47 Å². The van der Waals surface area contributed by atoms with Crippen molar-refractivity contribution in [2.75, 3.05) is 26.1 Å². The topological polar surface area (TPSA) is 48.3 Å². The van der Waals surface area contributed by atoms with Crippen LogP contribution < -0.4 is 5.32 Å². The number of nitrogens with one attached hydrogen (secondary N) is 1. The van der Waals surface area contributed by atoms with Gasteiger partial charge < -0.3 is 14.8 Å². The first-order valence-corrected chi connectivity index (χ1v) is 7.08. The van der Waals surface area contributed by atoms with E-state index in [9.17, 15) is 0 Å². The summed E-state index contributed by atoms with van der Waals surface area (Å²) in [6.07, 6.45) is 2.74. The van der Waals surface area contributed by atoms with Crippen LogP contribution in [0, 0.1) is 0 Å². The van der Waals surface area contributed by atoms with Gasteiger partial charge in [0.25, 0.3) is 0 Å². The maximum atomic E-state index is 5.38. The standard InChI is InChI=1S/C12H20BrN3O2/c1-4-5-8-10(13)11-14-7-6-9(16(11)15-8)12(17-2)18-3/h9,12,14H,4-7H2,1-3H3. The number of anilines is 1. The van der Waals surface area contributed by atoms with Gasteiger partial charge in [0.1, 0.15) is 11.9 Å². The molecule has 1 aliphatic rings. The van der Waals surface area contributed by atoms with Gasteiger partial charge in [-0.05, 0) is 28.8 Å². The Morgan fingerprint density at radius 1 is 1.50 bits per heavy atom. The molecule has 2 rings (SSSR count). The quantitative estimate of drug-likeness (QED) is 0.848. The van der Waals surface area contributed by atoms with Gasteiger partial charge >= 0.3 is 0 Å². The maximum Gasteiger partial charge on any atom is 0.179 e. The molecule has 0 bridgehead atoms. The van der Waals surface area contributed by atoms with Crippen molar-refractivity contribution < 1.29 is 9.47 Å². The summed E-state index contributed by atoms with van der Waals surface area (Å²) in [5, 5.41) is 8.07. The van der Waals surface area contributed by atoms with Crippen LogP contribution in [-0.2, 0) is 15.9 Å². The van der Waals surface area contributed by atoms with Crippen LogP contribution in [0.4, 0.5) is 5.82 Å². The predicted octanol–water partition coefficient (Wildman–Crippen LogP) is 2.57. The van der Waals surface area contributed by atoms with Gasteiger partial charge in [0, 0.05) is 20.8 Å². The number of rotatable bonds is 5. The molecule has 1 unspecified atom stereocenters. The van der Waals surface area contributed by atoms with Crippen LogP contribution in [0.5, 0.6) is 0 Å². The molecule has 0 spiro atoms. The van der Waals surface area contributed by atoms with E-state index in [2.05, 4.69) is 33.3 Å². The van der Waals surface area contributed by atoms with Crippen molar-refractivity contribution >= 4 is 21.7 Å². The van der Waals surface area contributed by atoms with Crippen LogP contribution in [0.1, 0.15) is 31.5 Å². The van der Waals surface area contributed by atoms with E-state index in [1.54, 1.807) is 14.2 Å². The minimum absolute atomic E-state index is 0.123. The van der Waals surface area contributed by atoms with Gasteiger partial charge in [0.2, 0.25) is 0 Å². The van der Waals surface area contributed by atoms with Gasteiger partial charge in [0.15, 0.2) is 6.29 Å². The molecule has 0 radical (unpaired) electrons. The van der Waals surface area contributed by atoms with Gasteiger partial charge in [-0.3, -0.25) is 0 Å². The average Bonchev–Trinajstić information content (AvgIpc) is 2.70. The van der Waals surface area contributed by atoms with Crippen LogP contribution in [0.25, 0.3) is 0 Å². The van der Waals surface area contributed by atoms with E-state index >= 15 is 0 Å². The molecule has 2 heterocycles. The molecule has 0 fully saturated rings. The number of ether oxygens (including phenoxy) is 2. The van der Waals surface area contributed by atoms with E-state index in [0.717, 1.165) is 41.8 Å². The molecular formula is C12H20BrN3O2. The Kier molecular flexibility index (Phi) is 4.64. The number of hydrogen-bond acceptors (Lipinski definition) is 4. The fourth-order valence-electron chi connectivity index (χ4n) is 2.38. The zero-order valence-corrected chi connectivity index (χ0v) is 12.7. The van der Waals surface area contributed by atoms with E-state index < -0.39 is 0 Å². The fourth-order valence-corrected chi connectivity index (χ4v) is 2.98. The number of methoxy groups -OCH3 is 2. The molecule has 18 heavy (non-hydrogen) atoms. The summed E-state index contributed by atoms with van der Waals surface area (Å²) in [5.41, 5.74) is 1.10. The van der Waals surface area contributed by atoms with Gasteiger partial charge in [0.05, 0.1) is 10.2 Å². The Hall–Kier alpha value is -0.590. The molecule has 102 valence electrons. The molecule has 6 heteroatoms. The molecule has 0 saturated heterocycles. The SMILES string of the molecule is CCCc1nn2c(c1Br)NCCC2C(OC)OC. The van der Waals surface area contributed by atoms with E-state index in [0.29, 0.717) is 0 Å². The van der Waals surface area contributed by atoms with Crippen molar-refractivity contribution in [2.45, 2.75) is 38.5 Å². The van der Waals surface area contributed by atoms with Crippen LogP contribution in [0.2, 0.25) is 0 Å². The van der Waals surface area contributed by atoms with E-state index in [1.165, 1.54) is 0 Å². The summed E-state index contributed by atoms with van der Waals surface area (Å²) >= 11 is 3.63. The number of halogens is 1. The minimum atomic E-state index is -0.257. The summed E-state index contributed by atoms with van der Waals surface area (Å²) < 4.78 is 13.8. The molecular weight excluding hydrogens is 298 g/mol. The Morgan fingerprint density at radius 3 is 2.83 bits per heavy atom. The van der Waals surface area contributed by atoms with Crippen molar-refractivity contribution in [3.05, 3.63) is 10.2 Å². The normalized spacial score (nSPS) is 18.8. The van der Waals surface area contributed by atoms with Crippen molar-refractivity contribution in [1.29, 1.82) is 0 Å². The molecule has 0 saturated carbocycles.